The summed E-state index contributed by atoms with van der Waals surface area (Å²) in [7, 11) is 8.47. The molecule has 1 saturated heterocycles. The Kier molecular flexibility index (Phi) is 16.0. The summed E-state index contributed by atoms with van der Waals surface area (Å²) in [6.45, 7) is 9.77. The third-order valence-electron chi connectivity index (χ3n) is 7.20. The lowest BCUT2D eigenvalue weighted by Crippen LogP contribution is -2.56. The zero-order valence-corrected chi connectivity index (χ0v) is 26.4. The van der Waals surface area contributed by atoms with E-state index in [1.165, 1.54) is 74.9 Å². The molecule has 7 nitrogen and oxygen atoms in total. The van der Waals surface area contributed by atoms with Crippen molar-refractivity contribution in [3.63, 3.8) is 0 Å². The number of anilines is 1. The number of aromatic nitrogens is 1. The van der Waals surface area contributed by atoms with Gasteiger partial charge in [-0.05, 0) is 92.8 Å². The Morgan fingerprint density at radius 1 is 1.02 bits per heavy atom. The Morgan fingerprint density at radius 2 is 1.55 bits per heavy atom. The van der Waals surface area contributed by atoms with E-state index < -0.39 is 11.9 Å². The fourth-order valence-corrected chi connectivity index (χ4v) is 3.62. The minimum atomic E-state index is -2.70. The number of aromatic carboxylic acids is 1. The molecule has 2 heterocycles. The third kappa shape index (κ3) is 15.7. The predicted octanol–water partition coefficient (Wildman–Crippen LogP) is 7.06. The summed E-state index contributed by atoms with van der Waals surface area (Å²) >= 11 is 0. The molecule has 3 rings (SSSR count). The number of hydrogen-bond acceptors (Lipinski definition) is 6. The summed E-state index contributed by atoms with van der Waals surface area (Å²) in [4.78, 5) is 20.7. The maximum Gasteiger partial charge on any atom is 0.354 e. The van der Waals surface area contributed by atoms with Crippen molar-refractivity contribution in [1.82, 2.24) is 14.8 Å². The molecule has 0 unspecified atom stereocenters. The Hall–Kier alpha value is -2.00. The van der Waals surface area contributed by atoms with Crippen LogP contribution in [0.25, 0.3) is 0 Å². The van der Waals surface area contributed by atoms with Gasteiger partial charge >= 0.3 is 5.97 Å². The van der Waals surface area contributed by atoms with Crippen LogP contribution in [0.3, 0.4) is 0 Å². The lowest BCUT2D eigenvalue weighted by Gasteiger charge is -2.40. The largest absolute Gasteiger partial charge is 0.477 e. The van der Waals surface area contributed by atoms with Gasteiger partial charge in [0.2, 0.25) is 5.88 Å². The number of pyridine rings is 1. The van der Waals surface area contributed by atoms with Crippen LogP contribution in [-0.2, 0) is 0 Å². The number of carboxylic acids is 1. The van der Waals surface area contributed by atoms with Gasteiger partial charge in [0, 0.05) is 5.54 Å². The lowest BCUT2D eigenvalue weighted by atomic mass is 10.1. The molecule has 1 saturated carbocycles. The average molecular weight is 571 g/mol. The molecule has 0 spiro atoms. The summed E-state index contributed by atoms with van der Waals surface area (Å²) in [6, 6.07) is 2.78. The number of alkyl halides is 2. The molecule has 9 heteroatoms. The van der Waals surface area contributed by atoms with E-state index in [-0.39, 0.29) is 24.7 Å². The molecule has 0 atom stereocenters. The second kappa shape index (κ2) is 17.7. The minimum absolute atomic E-state index is 0.132. The van der Waals surface area contributed by atoms with E-state index in [1.807, 2.05) is 0 Å². The van der Waals surface area contributed by atoms with Gasteiger partial charge in [-0.1, -0.05) is 51.9 Å². The van der Waals surface area contributed by atoms with Crippen molar-refractivity contribution in [3.05, 3.63) is 17.8 Å². The zero-order chi connectivity index (χ0) is 30.3. The summed E-state index contributed by atoms with van der Waals surface area (Å²) < 4.78 is 31.4. The molecule has 1 aromatic heterocycles. The molecule has 2 fully saturated rings. The summed E-state index contributed by atoms with van der Waals surface area (Å²) in [5, 5.41) is 8.93. The van der Waals surface area contributed by atoms with Gasteiger partial charge in [0.1, 0.15) is 5.69 Å². The first kappa shape index (κ1) is 36.0. The number of hydrogen-bond donors (Lipinski definition) is 1. The van der Waals surface area contributed by atoms with E-state index in [0.717, 1.165) is 12.8 Å². The van der Waals surface area contributed by atoms with Gasteiger partial charge in [-0.15, -0.1) is 0 Å². The van der Waals surface area contributed by atoms with Crippen molar-refractivity contribution in [3.8, 4) is 5.88 Å². The molecule has 0 bridgehead atoms. The predicted molar refractivity (Wildman–Crippen MR) is 161 cm³/mol. The van der Waals surface area contributed by atoms with Crippen LogP contribution in [0.4, 0.5) is 14.5 Å². The Morgan fingerprint density at radius 3 is 1.98 bits per heavy atom. The fourth-order valence-electron chi connectivity index (χ4n) is 3.62. The van der Waals surface area contributed by atoms with Crippen molar-refractivity contribution in [2.75, 3.05) is 59.3 Å². The van der Waals surface area contributed by atoms with E-state index in [0.29, 0.717) is 23.8 Å². The maximum absolute atomic E-state index is 12.9. The smallest absolute Gasteiger partial charge is 0.354 e. The highest BCUT2D eigenvalue weighted by Gasteiger charge is 2.45. The molecule has 0 aromatic carbocycles. The van der Waals surface area contributed by atoms with Crippen LogP contribution in [0.5, 0.6) is 5.88 Å². The highest BCUT2D eigenvalue weighted by Crippen LogP contribution is 2.37. The maximum atomic E-state index is 12.9. The Balaban J connectivity index is 0.000000345. The SMILES string of the molecule is CCCCCCCCCCN(C)C.CN(C)C(C)(C)C.O=C(O)c1ccc(N2CC(F)(F)C2)c(OCC2CC2)n1. The van der Waals surface area contributed by atoms with Gasteiger partial charge in [-0.3, -0.25) is 0 Å². The molecule has 40 heavy (non-hydrogen) atoms. The van der Waals surface area contributed by atoms with Crippen molar-refractivity contribution in [1.29, 1.82) is 0 Å². The highest BCUT2D eigenvalue weighted by atomic mass is 19.3. The summed E-state index contributed by atoms with van der Waals surface area (Å²) in [5.74, 6) is -3.26. The molecule has 0 radical (unpaired) electrons. The van der Waals surface area contributed by atoms with E-state index >= 15 is 0 Å². The molecule has 0 amide bonds. The van der Waals surface area contributed by atoms with Crippen molar-refractivity contribution < 1.29 is 23.4 Å². The number of nitrogens with zero attached hydrogens (tertiary/aromatic N) is 4. The van der Waals surface area contributed by atoms with Crippen molar-refractivity contribution in [2.45, 2.75) is 103 Å². The van der Waals surface area contributed by atoms with Crippen LogP contribution < -0.4 is 9.64 Å². The van der Waals surface area contributed by atoms with Crippen LogP contribution in [0.15, 0.2) is 12.1 Å². The number of carboxylic acid groups (broad SMARTS) is 1. The van der Waals surface area contributed by atoms with Crippen molar-refractivity contribution in [2.24, 2.45) is 5.92 Å². The van der Waals surface area contributed by atoms with E-state index in [2.05, 4.69) is 70.7 Å². The van der Waals surface area contributed by atoms with Crippen LogP contribution in [0.1, 0.15) is 102 Å². The van der Waals surface area contributed by atoms with Gasteiger partial charge in [-0.25, -0.2) is 18.6 Å². The average Bonchev–Trinajstić information content (AvgIpc) is 3.67. The highest BCUT2D eigenvalue weighted by molar-refractivity contribution is 5.86. The fraction of sp³-hybridized carbons (Fsp3) is 0.806. The van der Waals surface area contributed by atoms with Gasteiger partial charge in [0.25, 0.3) is 5.92 Å². The topological polar surface area (TPSA) is 69.1 Å². The monoisotopic (exact) mass is 570 g/mol. The molecular formula is C31H56F2N4O3. The second-order valence-corrected chi connectivity index (χ2v) is 12.6. The first-order valence-electron chi connectivity index (χ1n) is 15.0. The van der Waals surface area contributed by atoms with Crippen LogP contribution in [-0.4, -0.2) is 91.8 Å². The minimum Gasteiger partial charge on any atom is -0.477 e. The van der Waals surface area contributed by atoms with Crippen LogP contribution >= 0.6 is 0 Å². The molecule has 232 valence electrons. The van der Waals surface area contributed by atoms with Gasteiger partial charge < -0.3 is 24.5 Å². The molecule has 1 aliphatic carbocycles. The second-order valence-electron chi connectivity index (χ2n) is 12.6. The quantitative estimate of drug-likeness (QED) is 0.240. The van der Waals surface area contributed by atoms with Gasteiger partial charge in [0.15, 0.2) is 5.69 Å². The van der Waals surface area contributed by atoms with E-state index in [9.17, 15) is 13.6 Å². The summed E-state index contributed by atoms with van der Waals surface area (Å²) in [6.07, 6.45) is 13.5. The number of rotatable bonds is 14. The Labute approximate surface area is 242 Å². The van der Waals surface area contributed by atoms with E-state index in [1.54, 1.807) is 0 Å². The first-order valence-corrected chi connectivity index (χ1v) is 15.0. The van der Waals surface area contributed by atoms with Gasteiger partial charge in [0.05, 0.1) is 19.7 Å². The Bertz CT molecular complexity index is 847. The van der Waals surface area contributed by atoms with Crippen LogP contribution in [0, 0.1) is 5.92 Å². The third-order valence-corrected chi connectivity index (χ3v) is 7.20. The number of carbonyl (C=O) groups is 1. The van der Waals surface area contributed by atoms with Crippen molar-refractivity contribution >= 4 is 11.7 Å². The van der Waals surface area contributed by atoms with E-state index in [4.69, 9.17) is 9.84 Å². The number of unbranched alkanes of at least 4 members (excludes halogenated alkanes) is 7. The molecular weight excluding hydrogens is 514 g/mol. The lowest BCUT2D eigenvalue weighted by molar-refractivity contribution is -0.0265. The first-order chi connectivity index (χ1) is 18.7. The van der Waals surface area contributed by atoms with Crippen LogP contribution in [0.2, 0.25) is 0 Å². The summed E-state index contributed by atoms with van der Waals surface area (Å²) in [5.41, 5.74) is 0.619. The molecule has 1 aliphatic heterocycles. The standard InChI is InChI=1S/C13H14F2N2O3.C12H27N.C6H15N/c14-13(15)6-17(7-13)10-4-3-9(12(18)19)16-11(10)20-5-8-1-2-8;1-4-5-6-7-8-9-10-11-12-13(2)3;1-6(2,3)7(4)5/h3-4,8H,1-2,5-7H2,(H,18,19);4-12H2,1-3H3;1-5H3. The molecule has 2 aliphatic rings. The number of ether oxygens (including phenoxy) is 1. The molecule has 1 aromatic rings. The zero-order valence-electron chi connectivity index (χ0n) is 26.4. The van der Waals surface area contributed by atoms with Gasteiger partial charge in [-0.2, -0.15) is 0 Å². The number of halogens is 2. The molecule has 1 N–H and O–H groups in total. The normalized spacial score (nSPS) is 16.1.